The Bertz CT molecular complexity index is 746. The Kier molecular flexibility index (Phi) is 4.46. The van der Waals surface area contributed by atoms with Crippen LogP contribution in [0.15, 0.2) is 50.2 Å². The first-order valence-corrected chi connectivity index (χ1v) is 8.30. The highest BCUT2D eigenvalue weighted by Gasteiger charge is 2.21. The lowest BCUT2D eigenvalue weighted by Gasteiger charge is -2.11. The number of para-hydroxylation sites is 1. The quantitative estimate of drug-likeness (QED) is 0.795. The molecule has 1 N–H and O–H groups in total. The average Bonchev–Trinajstić information content (AvgIpc) is 2.37. The molecule has 0 aliphatic carbocycles. The lowest BCUT2D eigenvalue weighted by molar-refractivity contribution is 0.582. The van der Waals surface area contributed by atoms with Gasteiger partial charge in [-0.25, -0.2) is 17.2 Å². The fourth-order valence-electron chi connectivity index (χ4n) is 1.47. The second-order valence-corrected chi connectivity index (χ2v) is 7.20. The molecule has 0 amide bonds. The van der Waals surface area contributed by atoms with E-state index in [0.29, 0.717) is 4.47 Å². The average molecular weight is 427 g/mol. The summed E-state index contributed by atoms with van der Waals surface area (Å²) in [6.07, 6.45) is 0. The van der Waals surface area contributed by atoms with Crippen molar-refractivity contribution in [3.05, 3.63) is 57.0 Å². The minimum atomic E-state index is -4.12. The van der Waals surface area contributed by atoms with Crippen LogP contribution in [0.3, 0.4) is 0 Å². The Balaban J connectivity index is 2.49. The van der Waals surface area contributed by atoms with Crippen molar-refractivity contribution in [3.63, 3.8) is 0 Å². The van der Waals surface area contributed by atoms with Gasteiger partial charge in [-0.2, -0.15) is 0 Å². The highest BCUT2D eigenvalue weighted by molar-refractivity contribution is 9.11. The largest absolute Gasteiger partial charge is 0.274 e. The van der Waals surface area contributed by atoms with Crippen LogP contribution in [0.1, 0.15) is 0 Å². The molecule has 0 heterocycles. The van der Waals surface area contributed by atoms with E-state index in [1.165, 1.54) is 12.1 Å². The van der Waals surface area contributed by atoms with E-state index in [4.69, 9.17) is 0 Å². The van der Waals surface area contributed by atoms with Crippen molar-refractivity contribution in [1.82, 2.24) is 0 Å². The number of halogens is 4. The number of anilines is 1. The number of rotatable bonds is 3. The van der Waals surface area contributed by atoms with Gasteiger partial charge in [0.25, 0.3) is 10.0 Å². The van der Waals surface area contributed by atoms with Gasteiger partial charge in [-0.3, -0.25) is 4.72 Å². The van der Waals surface area contributed by atoms with Gasteiger partial charge < -0.3 is 0 Å². The third kappa shape index (κ3) is 3.18. The first-order chi connectivity index (χ1) is 9.31. The van der Waals surface area contributed by atoms with Crippen molar-refractivity contribution in [2.45, 2.75) is 4.90 Å². The fraction of sp³-hybridized carbons (Fsp3) is 0. The predicted octanol–water partition coefficient (Wildman–Crippen LogP) is 4.29. The Hall–Kier alpha value is -0.990. The van der Waals surface area contributed by atoms with Crippen molar-refractivity contribution in [2.24, 2.45) is 0 Å². The van der Waals surface area contributed by atoms with E-state index in [0.717, 1.165) is 18.2 Å². The van der Waals surface area contributed by atoms with Gasteiger partial charge >= 0.3 is 0 Å². The van der Waals surface area contributed by atoms with Crippen LogP contribution < -0.4 is 4.72 Å². The molecular weight excluding hydrogens is 420 g/mol. The van der Waals surface area contributed by atoms with Crippen LogP contribution in [0.2, 0.25) is 0 Å². The van der Waals surface area contributed by atoms with E-state index >= 15 is 0 Å². The normalized spacial score (nSPS) is 11.4. The SMILES string of the molecule is O=S(=O)(Nc1c(F)cccc1F)c1cc(Br)ccc1Br. The number of hydrogen-bond donors (Lipinski definition) is 1. The first kappa shape index (κ1) is 15.4. The Morgan fingerprint density at radius 3 is 2.20 bits per heavy atom. The summed E-state index contributed by atoms with van der Waals surface area (Å²) in [5.74, 6) is -1.97. The molecule has 8 heteroatoms. The van der Waals surface area contributed by atoms with Crippen LogP contribution in [-0.4, -0.2) is 8.42 Å². The molecule has 2 aromatic carbocycles. The van der Waals surface area contributed by atoms with Crippen LogP contribution in [0, 0.1) is 11.6 Å². The molecule has 106 valence electrons. The number of sulfonamides is 1. The summed E-state index contributed by atoms with van der Waals surface area (Å²) in [4.78, 5) is -0.130. The van der Waals surface area contributed by atoms with Gasteiger partial charge in [0, 0.05) is 8.95 Å². The maximum absolute atomic E-state index is 13.5. The molecule has 0 atom stereocenters. The van der Waals surface area contributed by atoms with Gasteiger partial charge in [0.1, 0.15) is 22.2 Å². The first-order valence-electron chi connectivity index (χ1n) is 5.23. The highest BCUT2D eigenvalue weighted by Crippen LogP contribution is 2.28. The van der Waals surface area contributed by atoms with Gasteiger partial charge in [0.05, 0.1) is 0 Å². The van der Waals surface area contributed by atoms with Crippen molar-refractivity contribution in [1.29, 1.82) is 0 Å². The van der Waals surface area contributed by atoms with E-state index in [-0.39, 0.29) is 9.37 Å². The van der Waals surface area contributed by atoms with Crippen LogP contribution in [0.4, 0.5) is 14.5 Å². The van der Waals surface area contributed by atoms with Crippen LogP contribution in [-0.2, 0) is 10.0 Å². The topological polar surface area (TPSA) is 46.2 Å². The summed E-state index contributed by atoms with van der Waals surface area (Å²) in [6.45, 7) is 0. The molecule has 0 aliphatic heterocycles. The molecule has 0 aromatic heterocycles. The molecule has 0 saturated carbocycles. The van der Waals surface area contributed by atoms with Crippen LogP contribution in [0.25, 0.3) is 0 Å². The monoisotopic (exact) mass is 425 g/mol. The molecule has 2 rings (SSSR count). The molecule has 2 aromatic rings. The second-order valence-electron chi connectivity index (χ2n) is 3.78. The minimum absolute atomic E-state index is 0.130. The van der Waals surface area contributed by atoms with E-state index < -0.39 is 27.3 Å². The van der Waals surface area contributed by atoms with Gasteiger partial charge in [-0.05, 0) is 46.3 Å². The third-order valence-corrected chi connectivity index (χ3v) is 5.22. The summed E-state index contributed by atoms with van der Waals surface area (Å²) in [6, 6.07) is 7.56. The van der Waals surface area contributed by atoms with Gasteiger partial charge in [0.15, 0.2) is 0 Å². The molecule has 20 heavy (non-hydrogen) atoms. The van der Waals surface area contributed by atoms with E-state index in [9.17, 15) is 17.2 Å². The standard InChI is InChI=1S/C12H7Br2F2NO2S/c13-7-4-5-8(14)11(6-7)20(18,19)17-12-9(15)2-1-3-10(12)16/h1-6,17H. The molecule has 0 saturated heterocycles. The van der Waals surface area contributed by atoms with Crippen molar-refractivity contribution >= 4 is 47.6 Å². The zero-order valence-corrected chi connectivity index (χ0v) is 13.7. The van der Waals surface area contributed by atoms with Gasteiger partial charge in [-0.1, -0.05) is 22.0 Å². The van der Waals surface area contributed by atoms with Crippen molar-refractivity contribution in [3.8, 4) is 0 Å². The number of nitrogens with one attached hydrogen (secondary N) is 1. The Morgan fingerprint density at radius 2 is 1.60 bits per heavy atom. The molecule has 0 aliphatic rings. The lowest BCUT2D eigenvalue weighted by atomic mass is 10.3. The summed E-state index contributed by atoms with van der Waals surface area (Å²) in [5.41, 5.74) is -0.709. The van der Waals surface area contributed by atoms with E-state index in [1.54, 1.807) is 6.07 Å². The molecule has 0 spiro atoms. The number of hydrogen-bond acceptors (Lipinski definition) is 2. The van der Waals surface area contributed by atoms with Gasteiger partial charge in [-0.15, -0.1) is 0 Å². The molecule has 0 bridgehead atoms. The maximum Gasteiger partial charge on any atom is 0.263 e. The summed E-state index contributed by atoms with van der Waals surface area (Å²) in [7, 11) is -4.12. The Morgan fingerprint density at radius 1 is 1.00 bits per heavy atom. The Labute approximate surface area is 131 Å². The molecule has 3 nitrogen and oxygen atoms in total. The fourth-order valence-corrected chi connectivity index (χ4v) is 4.05. The molecule has 0 radical (unpaired) electrons. The smallest absolute Gasteiger partial charge is 0.263 e. The lowest BCUT2D eigenvalue weighted by Crippen LogP contribution is -2.15. The maximum atomic E-state index is 13.5. The van der Waals surface area contributed by atoms with E-state index in [1.807, 2.05) is 4.72 Å². The zero-order chi connectivity index (χ0) is 14.9. The molecule has 0 unspecified atom stereocenters. The van der Waals surface area contributed by atoms with Crippen molar-refractivity contribution in [2.75, 3.05) is 4.72 Å². The summed E-state index contributed by atoms with van der Waals surface area (Å²) < 4.78 is 54.1. The summed E-state index contributed by atoms with van der Waals surface area (Å²) in [5, 5.41) is 0. The minimum Gasteiger partial charge on any atom is -0.274 e. The molecular formula is C12H7Br2F2NO2S. The highest BCUT2D eigenvalue weighted by atomic mass is 79.9. The third-order valence-electron chi connectivity index (χ3n) is 2.38. The predicted molar refractivity (Wildman–Crippen MR) is 79.0 cm³/mol. The number of benzene rings is 2. The molecule has 0 fully saturated rings. The zero-order valence-electron chi connectivity index (χ0n) is 9.70. The second kappa shape index (κ2) is 5.79. The summed E-state index contributed by atoms with van der Waals surface area (Å²) >= 11 is 6.23. The van der Waals surface area contributed by atoms with Crippen LogP contribution >= 0.6 is 31.9 Å². The van der Waals surface area contributed by atoms with Crippen LogP contribution in [0.5, 0.6) is 0 Å². The van der Waals surface area contributed by atoms with Crippen molar-refractivity contribution < 1.29 is 17.2 Å². The van der Waals surface area contributed by atoms with Gasteiger partial charge in [0.2, 0.25) is 0 Å². The van der Waals surface area contributed by atoms with E-state index in [2.05, 4.69) is 31.9 Å².